The molecule has 98 valence electrons. The van der Waals surface area contributed by atoms with Crippen molar-refractivity contribution in [3.05, 3.63) is 34.3 Å². The van der Waals surface area contributed by atoms with Crippen molar-refractivity contribution in [2.75, 3.05) is 0 Å². The van der Waals surface area contributed by atoms with Crippen molar-refractivity contribution in [3.63, 3.8) is 0 Å². The van der Waals surface area contributed by atoms with Gasteiger partial charge in [0.15, 0.2) is 5.84 Å². The van der Waals surface area contributed by atoms with E-state index < -0.39 is 6.04 Å². The van der Waals surface area contributed by atoms with Crippen molar-refractivity contribution in [3.8, 4) is 0 Å². The number of nitrogens with two attached hydrogens (primary N) is 1. The van der Waals surface area contributed by atoms with Gasteiger partial charge in [0, 0.05) is 10.6 Å². The van der Waals surface area contributed by atoms with Gasteiger partial charge in [0.25, 0.3) is 5.91 Å². The summed E-state index contributed by atoms with van der Waals surface area (Å²) in [5, 5.41) is 14.7. The lowest BCUT2D eigenvalue weighted by molar-refractivity contribution is 0.0945. The molecular weight excluding hydrogens is 254 g/mol. The van der Waals surface area contributed by atoms with Gasteiger partial charge in [0.1, 0.15) is 0 Å². The number of rotatable bonds is 4. The van der Waals surface area contributed by atoms with E-state index >= 15 is 0 Å². The Hall–Kier alpha value is -1.75. The normalized spacial score (nSPS) is 13.2. The second-order valence-corrected chi connectivity index (χ2v) is 4.35. The van der Waals surface area contributed by atoms with Gasteiger partial charge >= 0.3 is 0 Å². The van der Waals surface area contributed by atoms with Crippen LogP contribution in [0.5, 0.6) is 0 Å². The fourth-order valence-corrected chi connectivity index (χ4v) is 1.70. The second-order valence-electron chi connectivity index (χ2n) is 3.92. The minimum atomic E-state index is -0.499. The molecule has 0 bridgehead atoms. The first-order valence-electron chi connectivity index (χ1n) is 5.54. The highest BCUT2D eigenvalue weighted by Gasteiger charge is 2.17. The van der Waals surface area contributed by atoms with Gasteiger partial charge in [0.2, 0.25) is 0 Å². The zero-order chi connectivity index (χ0) is 13.7. The number of amidine groups is 1. The number of hydrogen-bond acceptors (Lipinski definition) is 3. The van der Waals surface area contributed by atoms with E-state index in [1.54, 1.807) is 18.2 Å². The predicted octanol–water partition coefficient (Wildman–Crippen LogP) is 1.90. The van der Waals surface area contributed by atoms with Gasteiger partial charge in [-0.1, -0.05) is 29.7 Å². The van der Waals surface area contributed by atoms with Gasteiger partial charge in [-0.15, -0.1) is 0 Å². The highest BCUT2D eigenvalue weighted by atomic mass is 35.5. The van der Waals surface area contributed by atoms with Crippen LogP contribution in [-0.2, 0) is 0 Å². The van der Waals surface area contributed by atoms with Crippen LogP contribution in [0.25, 0.3) is 0 Å². The first-order chi connectivity index (χ1) is 8.49. The highest BCUT2D eigenvalue weighted by molar-refractivity contribution is 6.31. The summed E-state index contributed by atoms with van der Waals surface area (Å²) in [5.74, 6) is -0.320. The number of amides is 1. The number of halogens is 1. The lowest BCUT2D eigenvalue weighted by Crippen LogP contribution is -2.44. The zero-order valence-corrected chi connectivity index (χ0v) is 11.0. The van der Waals surface area contributed by atoms with Gasteiger partial charge in [-0.25, -0.2) is 0 Å². The van der Waals surface area contributed by atoms with E-state index in [0.29, 0.717) is 17.0 Å². The molecule has 0 spiro atoms. The Morgan fingerprint density at radius 3 is 2.83 bits per heavy atom. The van der Waals surface area contributed by atoms with Crippen molar-refractivity contribution in [1.29, 1.82) is 0 Å². The summed E-state index contributed by atoms with van der Waals surface area (Å²) in [6.45, 7) is 3.64. The van der Waals surface area contributed by atoms with Crippen LogP contribution in [0, 0.1) is 6.92 Å². The van der Waals surface area contributed by atoms with Gasteiger partial charge in [-0.2, -0.15) is 0 Å². The maximum absolute atomic E-state index is 12.0. The lowest BCUT2D eigenvalue weighted by atomic mass is 10.1. The fraction of sp³-hybridized carbons (Fsp3) is 0.333. The molecule has 1 aromatic rings. The minimum Gasteiger partial charge on any atom is -0.409 e. The van der Waals surface area contributed by atoms with Crippen LogP contribution in [0.1, 0.15) is 29.3 Å². The molecule has 1 atom stereocenters. The fourth-order valence-electron chi connectivity index (χ4n) is 1.53. The number of benzene rings is 1. The Morgan fingerprint density at radius 2 is 2.28 bits per heavy atom. The number of aryl methyl sites for hydroxylation is 1. The van der Waals surface area contributed by atoms with Gasteiger partial charge in [0.05, 0.1) is 6.04 Å². The van der Waals surface area contributed by atoms with Crippen LogP contribution in [0.15, 0.2) is 23.4 Å². The molecule has 0 saturated carbocycles. The van der Waals surface area contributed by atoms with Gasteiger partial charge in [-0.3, -0.25) is 4.79 Å². The summed E-state index contributed by atoms with van der Waals surface area (Å²) in [6.07, 6.45) is 0.529. The monoisotopic (exact) mass is 269 g/mol. The summed E-state index contributed by atoms with van der Waals surface area (Å²) in [6, 6.07) is 4.57. The smallest absolute Gasteiger partial charge is 0.252 e. The molecule has 1 amide bonds. The molecule has 0 aliphatic heterocycles. The SMILES string of the molecule is CCC(NC(=O)c1cc(Cl)ccc1C)/C(N)=N/O. The molecule has 0 aliphatic rings. The Morgan fingerprint density at radius 1 is 1.61 bits per heavy atom. The minimum absolute atomic E-state index is 0.0227. The number of hydrogen-bond donors (Lipinski definition) is 3. The number of nitrogens with one attached hydrogen (secondary N) is 1. The topological polar surface area (TPSA) is 87.7 Å². The Labute approximate surface area is 111 Å². The molecule has 0 saturated heterocycles. The molecule has 18 heavy (non-hydrogen) atoms. The van der Waals surface area contributed by atoms with E-state index in [0.717, 1.165) is 5.56 Å². The van der Waals surface area contributed by atoms with Gasteiger partial charge in [-0.05, 0) is 31.0 Å². The van der Waals surface area contributed by atoms with Gasteiger partial charge < -0.3 is 16.3 Å². The van der Waals surface area contributed by atoms with Crippen LogP contribution in [0.2, 0.25) is 5.02 Å². The highest BCUT2D eigenvalue weighted by Crippen LogP contribution is 2.15. The van der Waals surface area contributed by atoms with Crippen LogP contribution in [-0.4, -0.2) is 23.0 Å². The number of oxime groups is 1. The predicted molar refractivity (Wildman–Crippen MR) is 71.1 cm³/mol. The standard InChI is InChI=1S/C12H16ClN3O2/c1-3-10(11(14)16-18)15-12(17)9-6-8(13)5-4-7(9)2/h4-6,10,18H,3H2,1-2H3,(H2,14,16)(H,15,17). The van der Waals surface area contributed by atoms with Crippen molar-refractivity contribution in [2.45, 2.75) is 26.3 Å². The Kier molecular flexibility index (Phi) is 4.97. The third-order valence-corrected chi connectivity index (χ3v) is 2.87. The van der Waals surface area contributed by atoms with E-state index in [2.05, 4.69) is 10.5 Å². The largest absolute Gasteiger partial charge is 0.409 e. The Balaban J connectivity index is 2.91. The zero-order valence-electron chi connectivity index (χ0n) is 10.3. The molecule has 0 heterocycles. The van der Waals surface area contributed by atoms with E-state index in [-0.39, 0.29) is 11.7 Å². The summed E-state index contributed by atoms with van der Waals surface area (Å²) in [7, 11) is 0. The van der Waals surface area contributed by atoms with E-state index in [1.165, 1.54) is 0 Å². The maximum Gasteiger partial charge on any atom is 0.252 e. The molecular formula is C12H16ClN3O2. The first kappa shape index (κ1) is 14.3. The third-order valence-electron chi connectivity index (χ3n) is 2.63. The van der Waals surface area contributed by atoms with Crippen molar-refractivity contribution in [2.24, 2.45) is 10.9 Å². The number of nitrogens with zero attached hydrogens (tertiary/aromatic N) is 1. The molecule has 1 unspecified atom stereocenters. The maximum atomic E-state index is 12.0. The van der Waals surface area contributed by atoms with Crippen molar-refractivity contribution >= 4 is 23.3 Å². The van der Waals surface area contributed by atoms with Crippen LogP contribution in [0.3, 0.4) is 0 Å². The number of carbonyl (C=O) groups is 1. The van der Waals surface area contributed by atoms with Crippen LogP contribution >= 0.6 is 11.6 Å². The van der Waals surface area contributed by atoms with Crippen LogP contribution < -0.4 is 11.1 Å². The summed E-state index contributed by atoms with van der Waals surface area (Å²) in [4.78, 5) is 12.0. The van der Waals surface area contributed by atoms with E-state index in [1.807, 2.05) is 13.8 Å². The molecule has 0 fully saturated rings. The van der Waals surface area contributed by atoms with E-state index in [4.69, 9.17) is 22.5 Å². The molecule has 6 heteroatoms. The average molecular weight is 270 g/mol. The quantitative estimate of drug-likeness (QED) is 0.338. The molecule has 1 aromatic carbocycles. The number of carbonyl (C=O) groups excluding carboxylic acids is 1. The summed E-state index contributed by atoms with van der Waals surface area (Å²) < 4.78 is 0. The second kappa shape index (κ2) is 6.26. The molecule has 1 rings (SSSR count). The third kappa shape index (κ3) is 3.37. The van der Waals surface area contributed by atoms with Crippen LogP contribution in [0.4, 0.5) is 0 Å². The summed E-state index contributed by atoms with van der Waals surface area (Å²) in [5.41, 5.74) is 6.77. The molecule has 5 nitrogen and oxygen atoms in total. The summed E-state index contributed by atoms with van der Waals surface area (Å²) >= 11 is 5.85. The lowest BCUT2D eigenvalue weighted by Gasteiger charge is -2.16. The van der Waals surface area contributed by atoms with Crippen molar-refractivity contribution < 1.29 is 10.0 Å². The Bertz CT molecular complexity index is 474. The molecule has 0 aromatic heterocycles. The van der Waals surface area contributed by atoms with E-state index in [9.17, 15) is 4.79 Å². The molecule has 0 aliphatic carbocycles. The molecule has 0 radical (unpaired) electrons. The van der Waals surface area contributed by atoms with Crippen molar-refractivity contribution in [1.82, 2.24) is 5.32 Å². The average Bonchev–Trinajstić information content (AvgIpc) is 2.37. The first-order valence-corrected chi connectivity index (χ1v) is 5.91. The molecule has 4 N–H and O–H groups in total.